The third-order valence-electron chi connectivity index (χ3n) is 6.55. The summed E-state index contributed by atoms with van der Waals surface area (Å²) < 4.78 is 39.9. The molecule has 0 bridgehead atoms. The van der Waals surface area contributed by atoms with Gasteiger partial charge < -0.3 is 10.2 Å². The monoisotopic (exact) mass is 466 g/mol. The van der Waals surface area contributed by atoms with Crippen molar-refractivity contribution in [3.05, 3.63) is 107 Å². The van der Waals surface area contributed by atoms with E-state index in [4.69, 9.17) is 0 Å². The third-order valence-corrected chi connectivity index (χ3v) is 6.55. The SMILES string of the molecule is O=C(NCCCN1CCC(c2ccc(F)cc2)CC1)C(c1ccc(F)cc1)c1ccc(F)cc1. The van der Waals surface area contributed by atoms with Crippen LogP contribution in [0.1, 0.15) is 47.8 Å². The van der Waals surface area contributed by atoms with Crippen molar-refractivity contribution in [1.29, 1.82) is 0 Å². The zero-order chi connectivity index (χ0) is 23.9. The van der Waals surface area contributed by atoms with Crippen molar-refractivity contribution in [2.24, 2.45) is 0 Å². The fourth-order valence-electron chi connectivity index (χ4n) is 4.65. The maximum atomic E-state index is 13.4. The van der Waals surface area contributed by atoms with Crippen LogP contribution in [0.2, 0.25) is 0 Å². The van der Waals surface area contributed by atoms with Gasteiger partial charge in [0.25, 0.3) is 0 Å². The summed E-state index contributed by atoms with van der Waals surface area (Å²) in [7, 11) is 0. The zero-order valence-corrected chi connectivity index (χ0v) is 19.0. The normalized spacial score (nSPS) is 14.9. The third kappa shape index (κ3) is 6.26. The molecule has 1 aliphatic rings. The van der Waals surface area contributed by atoms with Gasteiger partial charge in [-0.15, -0.1) is 0 Å². The van der Waals surface area contributed by atoms with E-state index in [1.165, 1.54) is 42.0 Å². The summed E-state index contributed by atoms with van der Waals surface area (Å²) in [5.74, 6) is -1.30. The number of rotatable bonds is 8. The van der Waals surface area contributed by atoms with Gasteiger partial charge in [0.1, 0.15) is 17.5 Å². The Labute approximate surface area is 198 Å². The second-order valence-corrected chi connectivity index (χ2v) is 8.85. The van der Waals surface area contributed by atoms with Gasteiger partial charge >= 0.3 is 0 Å². The minimum absolute atomic E-state index is 0.187. The van der Waals surface area contributed by atoms with Crippen molar-refractivity contribution in [1.82, 2.24) is 10.2 Å². The zero-order valence-electron chi connectivity index (χ0n) is 19.0. The van der Waals surface area contributed by atoms with Crippen LogP contribution in [-0.2, 0) is 4.79 Å². The number of halogens is 3. The molecule has 178 valence electrons. The average molecular weight is 467 g/mol. The van der Waals surface area contributed by atoms with Crippen LogP contribution in [0.15, 0.2) is 72.8 Å². The highest BCUT2D eigenvalue weighted by molar-refractivity contribution is 5.87. The Kier molecular flexibility index (Phi) is 8.01. The van der Waals surface area contributed by atoms with Crippen LogP contribution in [0.5, 0.6) is 0 Å². The Balaban J connectivity index is 1.27. The second-order valence-electron chi connectivity index (χ2n) is 8.85. The standard InChI is InChI=1S/C28H29F3N2O/c29-24-8-2-20(3-9-24)21-14-18-33(19-15-21)17-1-16-32-28(34)27(22-4-10-25(30)11-5-22)23-6-12-26(31)13-7-23/h2-13,21,27H,1,14-19H2,(H,32,34). The van der Waals surface area contributed by atoms with E-state index in [1.807, 2.05) is 12.1 Å². The Morgan fingerprint density at radius 3 is 1.76 bits per heavy atom. The van der Waals surface area contributed by atoms with Crippen LogP contribution in [-0.4, -0.2) is 37.0 Å². The van der Waals surface area contributed by atoms with Gasteiger partial charge in [-0.3, -0.25) is 4.79 Å². The molecule has 6 heteroatoms. The number of piperidine rings is 1. The van der Waals surface area contributed by atoms with E-state index in [1.54, 1.807) is 24.3 Å². The van der Waals surface area contributed by atoms with Gasteiger partial charge in [-0.25, -0.2) is 13.2 Å². The fourth-order valence-corrected chi connectivity index (χ4v) is 4.65. The Hall–Kier alpha value is -3.12. The highest BCUT2D eigenvalue weighted by Gasteiger charge is 2.23. The van der Waals surface area contributed by atoms with Gasteiger partial charge in [0.05, 0.1) is 5.92 Å². The molecule has 1 aliphatic heterocycles. The van der Waals surface area contributed by atoms with E-state index in [0.717, 1.165) is 38.9 Å². The number of carbonyl (C=O) groups is 1. The molecule has 34 heavy (non-hydrogen) atoms. The lowest BCUT2D eigenvalue weighted by atomic mass is 9.89. The summed E-state index contributed by atoms with van der Waals surface area (Å²) in [5.41, 5.74) is 2.52. The van der Waals surface area contributed by atoms with Crippen molar-refractivity contribution in [3.63, 3.8) is 0 Å². The van der Waals surface area contributed by atoms with Gasteiger partial charge in [-0.2, -0.15) is 0 Å². The van der Waals surface area contributed by atoms with Gasteiger partial charge in [0, 0.05) is 6.54 Å². The first kappa shape index (κ1) is 24.0. The first-order valence-corrected chi connectivity index (χ1v) is 11.8. The molecule has 3 aromatic carbocycles. The minimum atomic E-state index is -0.632. The van der Waals surface area contributed by atoms with Gasteiger partial charge in [-0.1, -0.05) is 36.4 Å². The van der Waals surface area contributed by atoms with Gasteiger partial charge in [0.15, 0.2) is 0 Å². The van der Waals surface area contributed by atoms with Crippen LogP contribution in [0.25, 0.3) is 0 Å². The maximum absolute atomic E-state index is 13.4. The van der Waals surface area contributed by atoms with E-state index in [9.17, 15) is 18.0 Å². The van der Waals surface area contributed by atoms with Crippen molar-refractivity contribution in [2.45, 2.75) is 31.1 Å². The number of nitrogens with one attached hydrogen (secondary N) is 1. The number of hydrogen-bond donors (Lipinski definition) is 1. The Bertz CT molecular complexity index is 1010. The molecular weight excluding hydrogens is 437 g/mol. The highest BCUT2D eigenvalue weighted by atomic mass is 19.1. The summed E-state index contributed by atoms with van der Waals surface area (Å²) in [6, 6.07) is 18.5. The number of carbonyl (C=O) groups excluding carboxylic acids is 1. The van der Waals surface area contributed by atoms with Crippen LogP contribution in [0.4, 0.5) is 13.2 Å². The molecule has 0 aromatic heterocycles. The fraction of sp³-hybridized carbons (Fsp3) is 0.321. The molecular formula is C28H29F3N2O. The summed E-state index contributed by atoms with van der Waals surface area (Å²) >= 11 is 0. The lowest BCUT2D eigenvalue weighted by Gasteiger charge is -2.32. The number of likely N-dealkylation sites (tertiary alicyclic amines) is 1. The first-order valence-electron chi connectivity index (χ1n) is 11.8. The van der Waals surface area contributed by atoms with Crippen LogP contribution in [0.3, 0.4) is 0 Å². The summed E-state index contributed by atoms with van der Waals surface area (Å²) in [4.78, 5) is 15.4. The molecule has 0 unspecified atom stereocenters. The van der Waals surface area contributed by atoms with E-state index in [-0.39, 0.29) is 23.4 Å². The minimum Gasteiger partial charge on any atom is -0.355 e. The van der Waals surface area contributed by atoms with Gasteiger partial charge in [0.2, 0.25) is 5.91 Å². The number of benzene rings is 3. The largest absolute Gasteiger partial charge is 0.355 e. The molecule has 0 aliphatic carbocycles. The molecule has 1 fully saturated rings. The number of amides is 1. The second kappa shape index (κ2) is 11.3. The molecule has 1 saturated heterocycles. The molecule has 0 spiro atoms. The Morgan fingerprint density at radius 1 is 0.794 bits per heavy atom. The smallest absolute Gasteiger partial charge is 0.232 e. The number of hydrogen-bond acceptors (Lipinski definition) is 2. The summed E-state index contributed by atoms with van der Waals surface area (Å²) in [6.45, 7) is 3.36. The molecule has 1 heterocycles. The number of nitrogens with zero attached hydrogens (tertiary/aromatic N) is 1. The molecule has 3 nitrogen and oxygen atoms in total. The van der Waals surface area contributed by atoms with E-state index >= 15 is 0 Å². The molecule has 3 aromatic rings. The lowest BCUT2D eigenvalue weighted by Crippen LogP contribution is -2.36. The molecule has 0 atom stereocenters. The predicted molar refractivity (Wildman–Crippen MR) is 127 cm³/mol. The maximum Gasteiger partial charge on any atom is 0.232 e. The van der Waals surface area contributed by atoms with Crippen LogP contribution < -0.4 is 5.32 Å². The van der Waals surface area contributed by atoms with Crippen LogP contribution in [0, 0.1) is 17.5 Å². The van der Waals surface area contributed by atoms with E-state index in [0.29, 0.717) is 23.6 Å². The van der Waals surface area contributed by atoms with Crippen molar-refractivity contribution in [3.8, 4) is 0 Å². The van der Waals surface area contributed by atoms with Gasteiger partial charge in [-0.05, 0) is 97.9 Å². The molecule has 1 amide bonds. The van der Waals surface area contributed by atoms with Crippen molar-refractivity contribution in [2.75, 3.05) is 26.2 Å². The Morgan fingerprint density at radius 2 is 1.26 bits per heavy atom. The average Bonchev–Trinajstić information content (AvgIpc) is 2.85. The van der Waals surface area contributed by atoms with E-state index in [2.05, 4.69) is 10.2 Å². The molecule has 1 N–H and O–H groups in total. The van der Waals surface area contributed by atoms with Crippen molar-refractivity contribution < 1.29 is 18.0 Å². The lowest BCUT2D eigenvalue weighted by molar-refractivity contribution is -0.121. The topological polar surface area (TPSA) is 32.3 Å². The summed E-state index contributed by atoms with van der Waals surface area (Å²) in [5, 5.41) is 3.00. The highest BCUT2D eigenvalue weighted by Crippen LogP contribution is 2.28. The predicted octanol–water partition coefficient (Wildman–Crippen LogP) is 5.62. The van der Waals surface area contributed by atoms with Crippen molar-refractivity contribution >= 4 is 5.91 Å². The first-order chi connectivity index (χ1) is 16.5. The van der Waals surface area contributed by atoms with E-state index < -0.39 is 5.92 Å². The molecule has 4 rings (SSSR count). The quantitative estimate of drug-likeness (QED) is 0.437. The molecule has 0 radical (unpaired) electrons. The van der Waals surface area contributed by atoms with Crippen LogP contribution >= 0.6 is 0 Å². The molecule has 0 saturated carbocycles. The summed E-state index contributed by atoms with van der Waals surface area (Å²) in [6.07, 6.45) is 2.89.